The minimum Gasteiger partial charge on any atom is -0.497 e. The summed E-state index contributed by atoms with van der Waals surface area (Å²) in [6, 6.07) is 12.7. The molecule has 0 fully saturated rings. The fraction of sp³-hybridized carbons (Fsp3) is 0.300. The number of methoxy groups -OCH3 is 1. The van der Waals surface area contributed by atoms with Crippen molar-refractivity contribution in [2.45, 2.75) is 19.0 Å². The van der Waals surface area contributed by atoms with Gasteiger partial charge in [-0.15, -0.1) is 0 Å². The number of amides is 1. The number of carbonyl (C=O) groups is 2. The van der Waals surface area contributed by atoms with Gasteiger partial charge in [-0.2, -0.15) is 0 Å². The molecule has 0 radical (unpaired) electrons. The molecule has 3 rings (SSSR count). The number of Topliss-reactive ketones (excluding diaryl/α,β-unsaturated/α-hetero) is 1. The summed E-state index contributed by atoms with van der Waals surface area (Å²) in [6.45, 7) is -0.0588. The van der Waals surface area contributed by atoms with Crippen LogP contribution in [0.1, 0.15) is 22.3 Å². The molecular weight excluding hydrogens is 348 g/mol. The summed E-state index contributed by atoms with van der Waals surface area (Å²) in [5.74, 6) is 0.623. The Hall–Kier alpha value is -3.06. The number of hydrogen-bond acceptors (Lipinski definition) is 6. The Bertz CT molecular complexity index is 837. The van der Waals surface area contributed by atoms with Crippen LogP contribution in [-0.4, -0.2) is 43.3 Å². The molecule has 2 aromatic rings. The number of benzene rings is 2. The molecule has 0 spiro atoms. The molecular formula is C20H22N2O5. The largest absolute Gasteiger partial charge is 0.497 e. The Kier molecular flexibility index (Phi) is 5.93. The Morgan fingerprint density at radius 3 is 2.78 bits per heavy atom. The molecule has 3 N–H and O–H groups in total. The second kappa shape index (κ2) is 8.55. The maximum absolute atomic E-state index is 12.6. The first kappa shape index (κ1) is 18.7. The van der Waals surface area contributed by atoms with Crippen molar-refractivity contribution in [3.05, 3.63) is 53.6 Å². The minimum atomic E-state index is -0.788. The van der Waals surface area contributed by atoms with E-state index in [1.165, 1.54) is 0 Å². The van der Waals surface area contributed by atoms with E-state index in [0.29, 0.717) is 23.4 Å². The van der Waals surface area contributed by atoms with E-state index < -0.39 is 6.17 Å². The number of ketones is 1. The van der Waals surface area contributed by atoms with Crippen LogP contribution in [-0.2, 0) is 11.2 Å². The van der Waals surface area contributed by atoms with Crippen molar-refractivity contribution in [1.82, 2.24) is 5.32 Å². The molecule has 2 aromatic carbocycles. The monoisotopic (exact) mass is 370 g/mol. The predicted molar refractivity (Wildman–Crippen MR) is 100 cm³/mol. The average Bonchev–Trinajstić information content (AvgIpc) is 2.70. The molecule has 0 saturated heterocycles. The first-order chi connectivity index (χ1) is 13.1. The number of ether oxygens (including phenoxy) is 2. The number of fused-ring (bicyclic) bond motifs is 1. The SMILES string of the molecule is COc1cccc(CCC(=O)C2NC(=O)c3c(cccc3OCCO)N2)c1. The molecule has 1 atom stereocenters. The second-order valence-electron chi connectivity index (χ2n) is 6.12. The molecule has 1 aliphatic rings. The fourth-order valence-corrected chi connectivity index (χ4v) is 2.96. The Balaban J connectivity index is 1.67. The van der Waals surface area contributed by atoms with Gasteiger partial charge in [-0.05, 0) is 36.2 Å². The third-order valence-electron chi connectivity index (χ3n) is 4.29. The van der Waals surface area contributed by atoms with Crippen molar-refractivity contribution >= 4 is 17.4 Å². The van der Waals surface area contributed by atoms with Gasteiger partial charge in [0.1, 0.15) is 23.7 Å². The number of anilines is 1. The zero-order valence-corrected chi connectivity index (χ0v) is 15.0. The highest BCUT2D eigenvalue weighted by atomic mass is 16.5. The van der Waals surface area contributed by atoms with E-state index in [2.05, 4.69) is 10.6 Å². The highest BCUT2D eigenvalue weighted by Gasteiger charge is 2.30. The van der Waals surface area contributed by atoms with Crippen LogP contribution < -0.4 is 20.1 Å². The van der Waals surface area contributed by atoms with E-state index in [-0.39, 0.29) is 31.3 Å². The Morgan fingerprint density at radius 2 is 2.00 bits per heavy atom. The van der Waals surface area contributed by atoms with E-state index >= 15 is 0 Å². The first-order valence-corrected chi connectivity index (χ1v) is 8.72. The predicted octanol–water partition coefficient (Wildman–Crippen LogP) is 1.75. The van der Waals surface area contributed by atoms with Crippen LogP contribution in [0, 0.1) is 0 Å². The molecule has 0 aliphatic carbocycles. The van der Waals surface area contributed by atoms with Crippen molar-refractivity contribution in [2.24, 2.45) is 0 Å². The Labute approximate surface area is 157 Å². The van der Waals surface area contributed by atoms with Crippen LogP contribution >= 0.6 is 0 Å². The molecule has 0 aromatic heterocycles. The van der Waals surface area contributed by atoms with Crippen molar-refractivity contribution in [2.75, 3.05) is 25.6 Å². The number of carbonyl (C=O) groups excluding carboxylic acids is 2. The molecule has 142 valence electrons. The lowest BCUT2D eigenvalue weighted by Crippen LogP contribution is -2.50. The normalized spacial score (nSPS) is 15.3. The maximum Gasteiger partial charge on any atom is 0.259 e. The molecule has 1 amide bonds. The molecule has 7 nitrogen and oxygen atoms in total. The smallest absolute Gasteiger partial charge is 0.259 e. The van der Waals surface area contributed by atoms with Crippen LogP contribution in [0.5, 0.6) is 11.5 Å². The third-order valence-corrected chi connectivity index (χ3v) is 4.29. The van der Waals surface area contributed by atoms with Crippen LogP contribution in [0.25, 0.3) is 0 Å². The zero-order valence-electron chi connectivity index (χ0n) is 15.0. The summed E-state index contributed by atoms with van der Waals surface area (Å²) >= 11 is 0. The molecule has 7 heteroatoms. The van der Waals surface area contributed by atoms with E-state index in [9.17, 15) is 9.59 Å². The van der Waals surface area contributed by atoms with Gasteiger partial charge < -0.3 is 25.2 Å². The van der Waals surface area contributed by atoms with Gasteiger partial charge in [0.2, 0.25) is 0 Å². The molecule has 27 heavy (non-hydrogen) atoms. The topological polar surface area (TPSA) is 96.9 Å². The third kappa shape index (κ3) is 4.38. The maximum atomic E-state index is 12.6. The molecule has 0 bridgehead atoms. The first-order valence-electron chi connectivity index (χ1n) is 8.72. The molecule has 1 aliphatic heterocycles. The summed E-state index contributed by atoms with van der Waals surface area (Å²) in [6.07, 6.45) is 0.0429. The van der Waals surface area contributed by atoms with Gasteiger partial charge in [-0.25, -0.2) is 0 Å². The number of aliphatic hydroxyl groups excluding tert-OH is 1. The lowest BCUT2D eigenvalue weighted by molar-refractivity contribution is -0.120. The standard InChI is InChI=1S/C20H22N2O5/c1-26-14-5-2-4-13(12-14)8-9-16(24)19-21-15-6-3-7-17(27-11-10-23)18(15)20(25)22-19/h2-7,12,19,21,23H,8-11H2,1H3,(H,22,25). The van der Waals surface area contributed by atoms with Gasteiger partial charge in [-0.3, -0.25) is 9.59 Å². The van der Waals surface area contributed by atoms with E-state index in [0.717, 1.165) is 11.3 Å². The van der Waals surface area contributed by atoms with Crippen molar-refractivity contribution in [3.63, 3.8) is 0 Å². The number of nitrogens with one attached hydrogen (secondary N) is 2. The summed E-state index contributed by atoms with van der Waals surface area (Å²) in [5.41, 5.74) is 1.86. The summed E-state index contributed by atoms with van der Waals surface area (Å²) < 4.78 is 10.6. The van der Waals surface area contributed by atoms with Gasteiger partial charge >= 0.3 is 0 Å². The zero-order chi connectivity index (χ0) is 19.2. The Morgan fingerprint density at radius 1 is 1.19 bits per heavy atom. The molecule has 0 saturated carbocycles. The van der Waals surface area contributed by atoms with Gasteiger partial charge in [0, 0.05) is 6.42 Å². The summed E-state index contributed by atoms with van der Waals surface area (Å²) in [5, 5.41) is 14.6. The average molecular weight is 370 g/mol. The number of rotatable bonds is 8. The van der Waals surface area contributed by atoms with Crippen LogP contribution in [0.3, 0.4) is 0 Å². The van der Waals surface area contributed by atoms with Crippen molar-refractivity contribution in [3.8, 4) is 11.5 Å². The molecule has 1 heterocycles. The number of aliphatic hydroxyl groups is 1. The van der Waals surface area contributed by atoms with E-state index in [4.69, 9.17) is 14.6 Å². The highest BCUT2D eigenvalue weighted by molar-refractivity contribution is 6.07. The number of hydrogen-bond donors (Lipinski definition) is 3. The van der Waals surface area contributed by atoms with Crippen molar-refractivity contribution < 1.29 is 24.2 Å². The van der Waals surface area contributed by atoms with Gasteiger partial charge in [0.25, 0.3) is 5.91 Å². The lowest BCUT2D eigenvalue weighted by atomic mass is 10.0. The van der Waals surface area contributed by atoms with Crippen LogP contribution in [0.15, 0.2) is 42.5 Å². The van der Waals surface area contributed by atoms with Crippen LogP contribution in [0.2, 0.25) is 0 Å². The van der Waals surface area contributed by atoms with Gasteiger partial charge in [0.05, 0.1) is 19.4 Å². The van der Waals surface area contributed by atoms with Crippen LogP contribution in [0.4, 0.5) is 5.69 Å². The number of aryl methyl sites for hydroxylation is 1. The van der Waals surface area contributed by atoms with Gasteiger partial charge in [-0.1, -0.05) is 18.2 Å². The van der Waals surface area contributed by atoms with E-state index in [1.54, 1.807) is 25.3 Å². The second-order valence-corrected chi connectivity index (χ2v) is 6.12. The molecule has 1 unspecified atom stereocenters. The van der Waals surface area contributed by atoms with E-state index in [1.807, 2.05) is 24.3 Å². The van der Waals surface area contributed by atoms with Crippen molar-refractivity contribution in [1.29, 1.82) is 0 Å². The fourth-order valence-electron chi connectivity index (χ4n) is 2.96. The van der Waals surface area contributed by atoms with Gasteiger partial charge in [0.15, 0.2) is 11.9 Å². The summed E-state index contributed by atoms with van der Waals surface area (Å²) in [7, 11) is 1.60. The summed E-state index contributed by atoms with van der Waals surface area (Å²) in [4.78, 5) is 25.0. The quantitative estimate of drug-likeness (QED) is 0.655. The minimum absolute atomic E-state index is 0.0899. The highest BCUT2D eigenvalue weighted by Crippen LogP contribution is 2.29. The lowest BCUT2D eigenvalue weighted by Gasteiger charge is -2.28.